The van der Waals surface area contributed by atoms with Gasteiger partial charge in [0, 0.05) is 25.2 Å². The van der Waals surface area contributed by atoms with Gasteiger partial charge in [0.25, 0.3) is 6.47 Å². The molecule has 7 atom stereocenters. The van der Waals surface area contributed by atoms with E-state index in [9.17, 15) is 19.6 Å². The number of carbonyl (C=O) groups is 3. The average Bonchev–Trinajstić information content (AvgIpc) is 3.12. The van der Waals surface area contributed by atoms with Crippen LogP contribution in [0.5, 0.6) is 5.75 Å². The topological polar surface area (TPSA) is 120 Å². The van der Waals surface area contributed by atoms with Gasteiger partial charge in [-0.2, -0.15) is 5.26 Å². The molecule has 5 rings (SSSR count). The molecule has 1 unspecified atom stereocenters. The lowest BCUT2D eigenvalue weighted by Gasteiger charge is -2.38. The van der Waals surface area contributed by atoms with Crippen LogP contribution in [0, 0.1) is 17.2 Å². The molecule has 2 bridgehead atoms. The summed E-state index contributed by atoms with van der Waals surface area (Å²) in [6.07, 6.45) is 2.45. The van der Waals surface area contributed by atoms with Gasteiger partial charge in [-0.1, -0.05) is 12.1 Å². The van der Waals surface area contributed by atoms with Crippen molar-refractivity contribution in [3.63, 3.8) is 0 Å². The monoisotopic (exact) mass is 437 g/mol. The summed E-state index contributed by atoms with van der Waals surface area (Å²) in [6.45, 7) is 3.40. The van der Waals surface area contributed by atoms with Crippen molar-refractivity contribution in [2.45, 2.75) is 62.4 Å². The number of rotatable bonds is 7. The molecule has 1 aromatic rings. The fourth-order valence-corrected chi connectivity index (χ4v) is 5.85. The standard InChI is InChI=1S/C23H27N5O4/c1-13(14-2-4-18(5-3-14)32-12-29)27-17-8-21(23(27)31)26(10-17)11-19(25)22(30)28-16(9-24)6-15-7-20(15)28/h2-5,12-13,15-17,19-21H,6-8,10-11,25H2,1H3/t13-,15?,16-,17-,19-,20-,21-/m0/s1. The number of nitrogens with zero attached hydrogens (tertiary/aromatic N) is 4. The second-order valence-electron chi connectivity index (χ2n) is 9.36. The van der Waals surface area contributed by atoms with Crippen molar-refractivity contribution in [2.75, 3.05) is 13.1 Å². The molecule has 3 aliphatic heterocycles. The number of piperazine rings is 1. The summed E-state index contributed by atoms with van der Waals surface area (Å²) in [5.41, 5.74) is 7.24. The fourth-order valence-electron chi connectivity index (χ4n) is 5.85. The lowest BCUT2D eigenvalue weighted by molar-refractivity contribution is -0.141. The van der Waals surface area contributed by atoms with Gasteiger partial charge in [0.15, 0.2) is 0 Å². The molecular weight excluding hydrogens is 410 g/mol. The van der Waals surface area contributed by atoms with Gasteiger partial charge in [-0.3, -0.25) is 19.3 Å². The zero-order chi connectivity index (χ0) is 22.6. The number of hydrogen-bond acceptors (Lipinski definition) is 7. The third kappa shape index (κ3) is 3.34. The summed E-state index contributed by atoms with van der Waals surface area (Å²) in [4.78, 5) is 42.2. The van der Waals surface area contributed by atoms with Gasteiger partial charge in [-0.25, -0.2) is 0 Å². The van der Waals surface area contributed by atoms with Crippen LogP contribution in [0.1, 0.15) is 37.8 Å². The highest BCUT2D eigenvalue weighted by atomic mass is 16.5. The van der Waals surface area contributed by atoms with Crippen LogP contribution in [-0.4, -0.2) is 76.3 Å². The maximum absolute atomic E-state index is 13.2. The number of likely N-dealkylation sites (tertiary alicyclic amines) is 3. The van der Waals surface area contributed by atoms with Crippen molar-refractivity contribution in [1.29, 1.82) is 5.26 Å². The minimum atomic E-state index is -0.728. The summed E-state index contributed by atoms with van der Waals surface area (Å²) < 4.78 is 4.84. The summed E-state index contributed by atoms with van der Waals surface area (Å²) in [7, 11) is 0. The SMILES string of the molecule is C[C@@H](c1ccc(OC=O)cc1)N1C(=O)[C@@H]2C[C@H]1CN2C[C@H](N)C(=O)N1[C@H](C#N)CC2C[C@@H]21. The molecule has 0 spiro atoms. The number of ether oxygens (including phenoxy) is 1. The van der Waals surface area contributed by atoms with Gasteiger partial charge < -0.3 is 20.3 Å². The van der Waals surface area contributed by atoms with E-state index in [1.807, 2.05) is 28.9 Å². The molecule has 2 N–H and O–H groups in total. The van der Waals surface area contributed by atoms with Gasteiger partial charge in [0.1, 0.15) is 11.8 Å². The van der Waals surface area contributed by atoms with E-state index < -0.39 is 6.04 Å². The van der Waals surface area contributed by atoms with Crippen LogP contribution in [0.25, 0.3) is 0 Å². The number of nitriles is 1. The van der Waals surface area contributed by atoms with Crippen LogP contribution in [0.4, 0.5) is 0 Å². The first-order valence-electron chi connectivity index (χ1n) is 11.2. The molecule has 0 aromatic heterocycles. The smallest absolute Gasteiger partial charge is 0.298 e. The molecular formula is C23H27N5O4. The Bertz CT molecular complexity index is 976. The predicted molar refractivity (Wildman–Crippen MR) is 113 cm³/mol. The van der Waals surface area contributed by atoms with Crippen LogP contribution in [0.15, 0.2) is 24.3 Å². The quantitative estimate of drug-likeness (QED) is 0.614. The van der Waals surface area contributed by atoms with Crippen LogP contribution >= 0.6 is 0 Å². The summed E-state index contributed by atoms with van der Waals surface area (Å²) in [6, 6.07) is 8.17. The van der Waals surface area contributed by atoms with Gasteiger partial charge in [-0.15, -0.1) is 0 Å². The van der Waals surface area contributed by atoms with Crippen LogP contribution in [0.2, 0.25) is 0 Å². The molecule has 2 amide bonds. The zero-order valence-corrected chi connectivity index (χ0v) is 18.0. The Morgan fingerprint density at radius 3 is 2.72 bits per heavy atom. The molecule has 1 saturated carbocycles. The number of hydrogen-bond donors (Lipinski definition) is 1. The van der Waals surface area contributed by atoms with Crippen molar-refractivity contribution < 1.29 is 19.1 Å². The van der Waals surface area contributed by atoms with Crippen molar-refractivity contribution in [2.24, 2.45) is 11.7 Å². The minimum Gasteiger partial charge on any atom is -0.429 e. The maximum atomic E-state index is 13.2. The van der Waals surface area contributed by atoms with Gasteiger partial charge >= 0.3 is 0 Å². The molecule has 32 heavy (non-hydrogen) atoms. The van der Waals surface area contributed by atoms with Crippen LogP contribution in [-0.2, 0) is 14.4 Å². The van der Waals surface area contributed by atoms with Crippen LogP contribution < -0.4 is 10.5 Å². The Hall–Kier alpha value is -2.96. The molecule has 168 valence electrons. The first kappa shape index (κ1) is 20.9. The Morgan fingerprint density at radius 2 is 2.06 bits per heavy atom. The Morgan fingerprint density at radius 1 is 1.31 bits per heavy atom. The lowest BCUT2D eigenvalue weighted by Crippen LogP contribution is -2.57. The van der Waals surface area contributed by atoms with E-state index in [4.69, 9.17) is 10.5 Å². The van der Waals surface area contributed by atoms with Crippen molar-refractivity contribution in [3.8, 4) is 11.8 Å². The number of fused-ring (bicyclic) bond motifs is 3. The third-order valence-electron chi connectivity index (χ3n) is 7.53. The van der Waals surface area contributed by atoms with Gasteiger partial charge in [0.05, 0.1) is 24.2 Å². The number of carbonyl (C=O) groups excluding carboxylic acids is 3. The molecule has 1 aromatic carbocycles. The first-order chi connectivity index (χ1) is 15.4. The normalized spacial score (nSPS) is 32.4. The second kappa shape index (κ2) is 7.87. The Labute approximate surface area is 186 Å². The van der Waals surface area contributed by atoms with Crippen molar-refractivity contribution in [3.05, 3.63) is 29.8 Å². The van der Waals surface area contributed by atoms with E-state index in [2.05, 4.69) is 6.07 Å². The number of amides is 2. The summed E-state index contributed by atoms with van der Waals surface area (Å²) >= 11 is 0. The Kier molecular flexibility index (Phi) is 5.14. The zero-order valence-electron chi connectivity index (χ0n) is 18.0. The van der Waals surface area contributed by atoms with E-state index >= 15 is 0 Å². The second-order valence-corrected chi connectivity index (χ2v) is 9.36. The molecule has 3 saturated heterocycles. The fraction of sp³-hybridized carbons (Fsp3) is 0.565. The third-order valence-corrected chi connectivity index (χ3v) is 7.53. The molecule has 1 aliphatic carbocycles. The van der Waals surface area contributed by atoms with E-state index in [1.165, 1.54) is 0 Å². The highest BCUT2D eigenvalue weighted by Gasteiger charge is 2.56. The number of nitrogens with two attached hydrogens (primary N) is 1. The van der Waals surface area contributed by atoms with E-state index in [0.29, 0.717) is 31.2 Å². The van der Waals surface area contributed by atoms with Crippen LogP contribution in [0.3, 0.4) is 0 Å². The van der Waals surface area contributed by atoms with Gasteiger partial charge in [0.2, 0.25) is 11.8 Å². The molecule has 4 fully saturated rings. The van der Waals surface area contributed by atoms with E-state index in [1.54, 1.807) is 17.0 Å². The number of piperidine rings is 1. The largest absolute Gasteiger partial charge is 0.429 e. The van der Waals surface area contributed by atoms with E-state index in [-0.39, 0.29) is 42.0 Å². The maximum Gasteiger partial charge on any atom is 0.298 e. The minimum absolute atomic E-state index is 0.0555. The molecule has 9 nitrogen and oxygen atoms in total. The van der Waals surface area contributed by atoms with E-state index in [0.717, 1.165) is 24.8 Å². The summed E-state index contributed by atoms with van der Waals surface area (Å²) in [5.74, 6) is 0.804. The molecule has 4 aliphatic rings. The highest BCUT2D eigenvalue weighted by Crippen LogP contribution is 2.48. The molecule has 3 heterocycles. The van der Waals surface area contributed by atoms with Crippen molar-refractivity contribution >= 4 is 18.3 Å². The predicted octanol–water partition coefficient (Wildman–Crippen LogP) is 0.408. The highest BCUT2D eigenvalue weighted by molar-refractivity contribution is 5.87. The Balaban J connectivity index is 1.21. The first-order valence-corrected chi connectivity index (χ1v) is 11.2. The van der Waals surface area contributed by atoms with Crippen molar-refractivity contribution in [1.82, 2.24) is 14.7 Å². The average molecular weight is 438 g/mol. The van der Waals surface area contributed by atoms with Gasteiger partial charge in [-0.05, 0) is 49.8 Å². The number of benzene rings is 1. The lowest BCUT2D eigenvalue weighted by atomic mass is 10.1. The summed E-state index contributed by atoms with van der Waals surface area (Å²) in [5, 5.41) is 9.36. The molecule has 0 radical (unpaired) electrons. The molecule has 9 heteroatoms.